The highest BCUT2D eigenvalue weighted by molar-refractivity contribution is 7.89. The van der Waals surface area contributed by atoms with Crippen LogP contribution < -0.4 is 4.74 Å². The van der Waals surface area contributed by atoms with Gasteiger partial charge in [-0.15, -0.1) is 0 Å². The smallest absolute Gasteiger partial charge is 0.243 e. The van der Waals surface area contributed by atoms with Gasteiger partial charge in [-0.05, 0) is 48.7 Å². The lowest BCUT2D eigenvalue weighted by molar-refractivity contribution is 0.187. The second-order valence-electron chi connectivity index (χ2n) is 7.42. The van der Waals surface area contributed by atoms with E-state index in [0.29, 0.717) is 43.3 Å². The van der Waals surface area contributed by atoms with Gasteiger partial charge in [0.1, 0.15) is 17.1 Å². The van der Waals surface area contributed by atoms with Crippen LogP contribution in [0.5, 0.6) is 5.75 Å². The van der Waals surface area contributed by atoms with E-state index in [1.807, 2.05) is 12.1 Å². The van der Waals surface area contributed by atoms with Crippen LogP contribution in [0.15, 0.2) is 47.5 Å². The van der Waals surface area contributed by atoms with Crippen molar-refractivity contribution in [1.29, 1.82) is 0 Å². The maximum atomic E-state index is 13.0. The van der Waals surface area contributed by atoms with E-state index in [1.54, 1.807) is 49.0 Å². The predicted molar refractivity (Wildman–Crippen MR) is 113 cm³/mol. The molecule has 4 rings (SSSR count). The lowest BCUT2D eigenvalue weighted by Gasteiger charge is -2.17. The predicted octanol–water partition coefficient (Wildman–Crippen LogP) is 2.34. The van der Waals surface area contributed by atoms with Crippen LogP contribution in [-0.4, -0.2) is 61.2 Å². The van der Waals surface area contributed by atoms with Crippen molar-refractivity contribution in [2.24, 2.45) is 5.92 Å². The molecule has 1 saturated heterocycles. The summed E-state index contributed by atoms with van der Waals surface area (Å²) in [5, 5.41) is 0. The number of imidazole rings is 1. The molecular formula is C21H26N4O4S. The third kappa shape index (κ3) is 4.05. The quantitative estimate of drug-likeness (QED) is 0.545. The molecule has 3 heterocycles. The van der Waals surface area contributed by atoms with Gasteiger partial charge in [0.15, 0.2) is 5.65 Å². The van der Waals surface area contributed by atoms with E-state index in [2.05, 4.69) is 9.55 Å². The first-order chi connectivity index (χ1) is 14.5. The summed E-state index contributed by atoms with van der Waals surface area (Å²) in [7, 11) is -0.288. The Balaban J connectivity index is 1.51. The highest BCUT2D eigenvalue weighted by atomic mass is 32.2. The summed E-state index contributed by atoms with van der Waals surface area (Å²) in [5.74, 6) is 1.77. The minimum absolute atomic E-state index is 0.205. The molecule has 9 heteroatoms. The molecule has 0 unspecified atom stereocenters. The van der Waals surface area contributed by atoms with Gasteiger partial charge >= 0.3 is 0 Å². The lowest BCUT2D eigenvalue weighted by Crippen LogP contribution is -2.29. The molecule has 160 valence electrons. The zero-order valence-corrected chi connectivity index (χ0v) is 18.0. The van der Waals surface area contributed by atoms with Crippen LogP contribution >= 0.6 is 0 Å². The molecule has 0 spiro atoms. The van der Waals surface area contributed by atoms with Gasteiger partial charge in [0.2, 0.25) is 10.0 Å². The fourth-order valence-corrected chi connectivity index (χ4v) is 5.45. The van der Waals surface area contributed by atoms with Crippen LogP contribution in [-0.2, 0) is 27.7 Å². The molecule has 1 aromatic carbocycles. The molecule has 1 atom stereocenters. The van der Waals surface area contributed by atoms with E-state index >= 15 is 0 Å². The number of nitrogens with zero attached hydrogens (tertiary/aromatic N) is 4. The highest BCUT2D eigenvalue weighted by Gasteiger charge is 2.33. The molecule has 0 N–H and O–H groups in total. The highest BCUT2D eigenvalue weighted by Crippen LogP contribution is 2.28. The summed E-state index contributed by atoms with van der Waals surface area (Å²) in [6.07, 6.45) is 3.26. The summed E-state index contributed by atoms with van der Waals surface area (Å²) in [6.45, 7) is 2.22. The largest absolute Gasteiger partial charge is 0.497 e. The zero-order valence-electron chi connectivity index (χ0n) is 17.2. The van der Waals surface area contributed by atoms with Crippen LogP contribution in [0.25, 0.3) is 11.2 Å². The van der Waals surface area contributed by atoms with Gasteiger partial charge in [-0.2, -0.15) is 4.31 Å². The number of pyridine rings is 1. The number of fused-ring (bicyclic) bond motifs is 1. The van der Waals surface area contributed by atoms with Crippen LogP contribution in [0.4, 0.5) is 0 Å². The van der Waals surface area contributed by atoms with Gasteiger partial charge in [-0.25, -0.2) is 18.4 Å². The van der Waals surface area contributed by atoms with Gasteiger partial charge in [0, 0.05) is 39.4 Å². The van der Waals surface area contributed by atoms with E-state index in [1.165, 1.54) is 0 Å². The van der Waals surface area contributed by atoms with E-state index in [4.69, 9.17) is 14.5 Å². The fourth-order valence-electron chi connectivity index (χ4n) is 3.92. The molecule has 0 radical (unpaired) electrons. The van der Waals surface area contributed by atoms with Crippen LogP contribution in [0.2, 0.25) is 0 Å². The summed E-state index contributed by atoms with van der Waals surface area (Å²) in [5.41, 5.74) is 1.69. The van der Waals surface area contributed by atoms with Gasteiger partial charge < -0.3 is 14.0 Å². The SMILES string of the molecule is COCCn1c(C[C@@H]2CCN(S(=O)(=O)c3ccc(OC)cc3)C2)nc2cccnc21. The third-order valence-electron chi connectivity index (χ3n) is 5.52. The van der Waals surface area contributed by atoms with E-state index < -0.39 is 10.0 Å². The molecule has 1 aliphatic heterocycles. The molecule has 3 aromatic rings. The monoisotopic (exact) mass is 430 g/mol. The normalized spacial score (nSPS) is 17.6. The van der Waals surface area contributed by atoms with E-state index in [0.717, 1.165) is 23.4 Å². The van der Waals surface area contributed by atoms with Crippen molar-refractivity contribution >= 4 is 21.2 Å². The van der Waals surface area contributed by atoms with Crippen LogP contribution in [0.3, 0.4) is 0 Å². The standard InChI is InChI=1S/C21H26N4O4S/c1-28-13-12-25-20(23-19-4-3-10-22-21(19)25)14-16-9-11-24(15-16)30(26,27)18-7-5-17(29-2)6-8-18/h3-8,10,16H,9,11-15H2,1-2H3/t16-/m0/s1. The second-order valence-corrected chi connectivity index (χ2v) is 9.35. The van der Waals surface area contributed by atoms with Crippen molar-refractivity contribution in [1.82, 2.24) is 18.8 Å². The number of sulfonamides is 1. The Bertz CT molecular complexity index is 1110. The van der Waals surface area contributed by atoms with Crippen LogP contribution in [0, 0.1) is 5.92 Å². The van der Waals surface area contributed by atoms with Crippen molar-refractivity contribution in [2.75, 3.05) is 33.9 Å². The minimum Gasteiger partial charge on any atom is -0.497 e. The zero-order chi connectivity index (χ0) is 21.1. The molecule has 0 saturated carbocycles. The molecule has 30 heavy (non-hydrogen) atoms. The van der Waals surface area contributed by atoms with Gasteiger partial charge in [0.25, 0.3) is 0 Å². The van der Waals surface area contributed by atoms with Crippen molar-refractivity contribution in [3.8, 4) is 5.75 Å². The van der Waals surface area contributed by atoms with Crippen molar-refractivity contribution < 1.29 is 17.9 Å². The van der Waals surface area contributed by atoms with Gasteiger partial charge in [-0.3, -0.25) is 0 Å². The Hall–Kier alpha value is -2.49. The first kappa shape index (κ1) is 20.8. The van der Waals surface area contributed by atoms with Crippen molar-refractivity contribution in [3.63, 3.8) is 0 Å². The first-order valence-electron chi connectivity index (χ1n) is 9.96. The average Bonchev–Trinajstić information content (AvgIpc) is 3.37. The summed E-state index contributed by atoms with van der Waals surface area (Å²) in [6, 6.07) is 10.4. The molecular weight excluding hydrogens is 404 g/mol. The topological polar surface area (TPSA) is 86.5 Å². The third-order valence-corrected chi connectivity index (χ3v) is 7.40. The Morgan fingerprint density at radius 2 is 1.97 bits per heavy atom. The molecule has 8 nitrogen and oxygen atoms in total. The number of benzene rings is 1. The maximum absolute atomic E-state index is 13.0. The summed E-state index contributed by atoms with van der Waals surface area (Å²) >= 11 is 0. The number of hydrogen-bond acceptors (Lipinski definition) is 6. The molecule has 1 aliphatic rings. The first-order valence-corrected chi connectivity index (χ1v) is 11.4. The summed E-state index contributed by atoms with van der Waals surface area (Å²) in [4.78, 5) is 9.51. The average molecular weight is 431 g/mol. The Morgan fingerprint density at radius 1 is 1.17 bits per heavy atom. The Morgan fingerprint density at radius 3 is 2.70 bits per heavy atom. The van der Waals surface area contributed by atoms with E-state index in [9.17, 15) is 8.42 Å². The minimum atomic E-state index is -3.52. The fraction of sp³-hybridized carbons (Fsp3) is 0.429. The van der Waals surface area contributed by atoms with Gasteiger partial charge in [-0.1, -0.05) is 0 Å². The van der Waals surface area contributed by atoms with Gasteiger partial charge in [0.05, 0.1) is 18.6 Å². The number of aromatic nitrogens is 3. The summed E-state index contributed by atoms with van der Waals surface area (Å²) < 4.78 is 40.1. The Labute approximate surface area is 176 Å². The number of hydrogen-bond donors (Lipinski definition) is 0. The maximum Gasteiger partial charge on any atom is 0.243 e. The second kappa shape index (κ2) is 8.71. The number of ether oxygens (including phenoxy) is 2. The lowest BCUT2D eigenvalue weighted by atomic mass is 10.0. The number of methoxy groups -OCH3 is 2. The number of rotatable bonds is 8. The molecule has 2 aromatic heterocycles. The molecule has 0 aliphatic carbocycles. The molecule has 0 bridgehead atoms. The Kier molecular flexibility index (Phi) is 6.03. The van der Waals surface area contributed by atoms with E-state index in [-0.39, 0.29) is 5.92 Å². The van der Waals surface area contributed by atoms with Crippen molar-refractivity contribution in [2.45, 2.75) is 24.3 Å². The molecule has 1 fully saturated rings. The molecule has 0 amide bonds. The van der Waals surface area contributed by atoms with Crippen molar-refractivity contribution in [3.05, 3.63) is 48.4 Å². The van der Waals surface area contributed by atoms with Crippen LogP contribution in [0.1, 0.15) is 12.2 Å².